The summed E-state index contributed by atoms with van der Waals surface area (Å²) >= 11 is 0. The van der Waals surface area contributed by atoms with Crippen LogP contribution in [-0.2, 0) is 16.6 Å². The lowest BCUT2D eigenvalue weighted by Crippen LogP contribution is -2.30. The molecule has 0 amide bonds. The van der Waals surface area contributed by atoms with Gasteiger partial charge in [0.15, 0.2) is 0 Å². The average molecular weight is 415 g/mol. The zero-order valence-corrected chi connectivity index (χ0v) is 17.2. The molecule has 29 heavy (non-hydrogen) atoms. The largest absolute Gasteiger partial charge is 0.497 e. The molecule has 0 aliphatic heterocycles. The van der Waals surface area contributed by atoms with E-state index in [2.05, 4.69) is 0 Å². The van der Waals surface area contributed by atoms with Gasteiger partial charge in [-0.15, -0.1) is 0 Å². The van der Waals surface area contributed by atoms with Crippen molar-refractivity contribution in [3.63, 3.8) is 0 Å². The quantitative estimate of drug-likeness (QED) is 0.568. The molecule has 0 atom stereocenters. The Labute approximate surface area is 170 Å². The van der Waals surface area contributed by atoms with Crippen molar-refractivity contribution < 1.29 is 22.3 Å². The van der Waals surface area contributed by atoms with Crippen molar-refractivity contribution in [2.24, 2.45) is 0 Å². The van der Waals surface area contributed by atoms with Gasteiger partial charge in [-0.3, -0.25) is 4.31 Å². The smallest absolute Gasteiger partial charge is 0.264 e. The van der Waals surface area contributed by atoms with Crippen molar-refractivity contribution in [2.75, 3.05) is 18.5 Å². The van der Waals surface area contributed by atoms with E-state index < -0.39 is 15.8 Å². The zero-order chi connectivity index (χ0) is 21.0. The van der Waals surface area contributed by atoms with Crippen LogP contribution in [0.15, 0.2) is 71.6 Å². The first-order valence-corrected chi connectivity index (χ1v) is 10.3. The maximum Gasteiger partial charge on any atom is 0.264 e. The lowest BCUT2D eigenvalue weighted by Gasteiger charge is -2.25. The molecule has 0 radical (unpaired) electrons. The molecule has 0 saturated carbocycles. The molecular formula is C22H22FNO4S. The molecule has 3 aromatic rings. The Morgan fingerprint density at radius 2 is 1.55 bits per heavy atom. The van der Waals surface area contributed by atoms with Crippen molar-refractivity contribution in [1.29, 1.82) is 0 Å². The van der Waals surface area contributed by atoms with Crippen molar-refractivity contribution >= 4 is 15.7 Å². The van der Waals surface area contributed by atoms with Crippen LogP contribution in [0.2, 0.25) is 0 Å². The van der Waals surface area contributed by atoms with Crippen molar-refractivity contribution in [3.05, 3.63) is 83.7 Å². The van der Waals surface area contributed by atoms with E-state index in [9.17, 15) is 12.8 Å². The van der Waals surface area contributed by atoms with Crippen LogP contribution in [0, 0.1) is 12.7 Å². The summed E-state index contributed by atoms with van der Waals surface area (Å²) in [6.45, 7) is 1.90. The number of benzene rings is 3. The standard InChI is InChI=1S/C22H22FNO4S/c1-16-6-4-8-19(10-16)24(29(25,26)22-9-5-7-18(23)13-22)15-17-11-20(27-2)14-21(12-17)28-3/h4-14H,15H2,1-3H3. The first kappa shape index (κ1) is 20.7. The molecule has 0 heterocycles. The van der Waals surface area contributed by atoms with Crippen molar-refractivity contribution in [2.45, 2.75) is 18.4 Å². The molecule has 3 rings (SSSR count). The second-order valence-corrected chi connectivity index (χ2v) is 8.39. The fourth-order valence-corrected chi connectivity index (χ4v) is 4.45. The van der Waals surface area contributed by atoms with Crippen LogP contribution in [0.1, 0.15) is 11.1 Å². The van der Waals surface area contributed by atoms with Gasteiger partial charge in [0.2, 0.25) is 0 Å². The number of anilines is 1. The topological polar surface area (TPSA) is 55.8 Å². The molecule has 0 fully saturated rings. The molecule has 0 aromatic heterocycles. The number of rotatable bonds is 7. The zero-order valence-electron chi connectivity index (χ0n) is 16.4. The Hall–Kier alpha value is -3.06. The summed E-state index contributed by atoms with van der Waals surface area (Å²) in [5.74, 6) is 0.483. The highest BCUT2D eigenvalue weighted by Gasteiger charge is 2.26. The van der Waals surface area contributed by atoms with Crippen LogP contribution in [0.25, 0.3) is 0 Å². The van der Waals surface area contributed by atoms with Gasteiger partial charge >= 0.3 is 0 Å². The van der Waals surface area contributed by atoms with Crippen molar-refractivity contribution in [1.82, 2.24) is 0 Å². The first-order valence-electron chi connectivity index (χ1n) is 8.90. The summed E-state index contributed by atoms with van der Waals surface area (Å²) < 4.78 is 52.4. The summed E-state index contributed by atoms with van der Waals surface area (Å²) in [5.41, 5.74) is 2.06. The van der Waals surface area contributed by atoms with Gasteiger partial charge in [0.05, 0.1) is 31.3 Å². The number of halogens is 1. The Morgan fingerprint density at radius 3 is 2.14 bits per heavy atom. The van der Waals surface area contributed by atoms with Gasteiger partial charge in [-0.05, 0) is 60.5 Å². The number of sulfonamides is 1. The van der Waals surface area contributed by atoms with Crippen LogP contribution in [0.3, 0.4) is 0 Å². The summed E-state index contributed by atoms with van der Waals surface area (Å²) in [6.07, 6.45) is 0. The third kappa shape index (κ3) is 4.68. The molecule has 0 saturated heterocycles. The third-order valence-electron chi connectivity index (χ3n) is 4.41. The van der Waals surface area contributed by atoms with E-state index in [4.69, 9.17) is 9.47 Å². The van der Waals surface area contributed by atoms with E-state index in [0.717, 1.165) is 11.6 Å². The molecule has 7 heteroatoms. The second kappa shape index (κ2) is 8.53. The van der Waals surface area contributed by atoms with E-state index in [1.807, 2.05) is 13.0 Å². The second-order valence-electron chi connectivity index (χ2n) is 6.53. The van der Waals surface area contributed by atoms with E-state index in [0.29, 0.717) is 22.7 Å². The molecule has 5 nitrogen and oxygen atoms in total. The molecule has 0 unspecified atom stereocenters. The van der Waals surface area contributed by atoms with Gasteiger partial charge in [0.25, 0.3) is 10.0 Å². The highest BCUT2D eigenvalue weighted by atomic mass is 32.2. The predicted molar refractivity (Wildman–Crippen MR) is 110 cm³/mol. The van der Waals surface area contributed by atoms with Crippen LogP contribution in [0.4, 0.5) is 10.1 Å². The maximum atomic E-state index is 13.7. The lowest BCUT2D eigenvalue weighted by atomic mass is 10.1. The maximum absolute atomic E-state index is 13.7. The van der Waals surface area contributed by atoms with E-state index in [1.54, 1.807) is 36.4 Å². The normalized spacial score (nSPS) is 11.2. The highest BCUT2D eigenvalue weighted by molar-refractivity contribution is 7.92. The summed E-state index contributed by atoms with van der Waals surface area (Å²) in [7, 11) is -0.963. The number of hydrogen-bond acceptors (Lipinski definition) is 4. The van der Waals surface area contributed by atoms with E-state index in [-0.39, 0.29) is 11.4 Å². The monoisotopic (exact) mass is 415 g/mol. The summed E-state index contributed by atoms with van der Waals surface area (Å²) in [5, 5.41) is 0. The van der Waals surface area contributed by atoms with E-state index >= 15 is 0 Å². The van der Waals surface area contributed by atoms with Crippen LogP contribution >= 0.6 is 0 Å². The molecule has 0 N–H and O–H groups in total. The fourth-order valence-electron chi connectivity index (χ4n) is 2.98. The first-order chi connectivity index (χ1) is 13.8. The lowest BCUT2D eigenvalue weighted by molar-refractivity contribution is 0.393. The minimum atomic E-state index is -4.02. The molecule has 0 aliphatic carbocycles. The Balaban J connectivity index is 2.12. The van der Waals surface area contributed by atoms with Crippen molar-refractivity contribution in [3.8, 4) is 11.5 Å². The van der Waals surface area contributed by atoms with Gasteiger partial charge in [-0.2, -0.15) is 0 Å². The van der Waals surface area contributed by atoms with Gasteiger partial charge in [-0.25, -0.2) is 12.8 Å². The van der Waals surface area contributed by atoms with Crippen LogP contribution in [-0.4, -0.2) is 22.6 Å². The Bertz CT molecular complexity index is 1090. The number of hydrogen-bond donors (Lipinski definition) is 0. The average Bonchev–Trinajstić information content (AvgIpc) is 2.71. The number of ether oxygens (including phenoxy) is 2. The molecular weight excluding hydrogens is 393 g/mol. The Kier molecular flexibility index (Phi) is 6.08. The SMILES string of the molecule is COc1cc(CN(c2cccc(C)c2)S(=O)(=O)c2cccc(F)c2)cc(OC)c1. The Morgan fingerprint density at radius 1 is 0.897 bits per heavy atom. The molecule has 152 valence electrons. The highest BCUT2D eigenvalue weighted by Crippen LogP contribution is 2.30. The molecule has 0 bridgehead atoms. The minimum Gasteiger partial charge on any atom is -0.497 e. The fraction of sp³-hybridized carbons (Fsp3) is 0.182. The third-order valence-corrected chi connectivity index (χ3v) is 6.18. The molecule has 0 aliphatic rings. The van der Waals surface area contributed by atoms with Gasteiger partial charge in [-0.1, -0.05) is 18.2 Å². The van der Waals surface area contributed by atoms with E-state index in [1.165, 1.54) is 36.7 Å². The summed E-state index contributed by atoms with van der Waals surface area (Å²) in [6, 6.07) is 17.3. The van der Waals surface area contributed by atoms with Gasteiger partial charge in [0, 0.05) is 6.07 Å². The minimum absolute atomic E-state index is 0.0237. The van der Waals surface area contributed by atoms with Gasteiger partial charge < -0.3 is 9.47 Å². The predicted octanol–water partition coefficient (Wildman–Crippen LogP) is 4.55. The summed E-state index contributed by atoms with van der Waals surface area (Å²) in [4.78, 5) is -0.117. The number of nitrogens with zero attached hydrogens (tertiary/aromatic N) is 1. The van der Waals surface area contributed by atoms with Gasteiger partial charge in [0.1, 0.15) is 17.3 Å². The van der Waals surface area contributed by atoms with Crippen LogP contribution in [0.5, 0.6) is 11.5 Å². The molecule has 3 aromatic carbocycles. The van der Waals surface area contributed by atoms with Crippen LogP contribution < -0.4 is 13.8 Å². The molecule has 0 spiro atoms. The number of methoxy groups -OCH3 is 2. The number of aryl methyl sites for hydroxylation is 1.